The van der Waals surface area contributed by atoms with Crippen molar-refractivity contribution in [1.29, 1.82) is 0 Å². The monoisotopic (exact) mass is 187 g/mol. The molecule has 1 amide bonds. The Morgan fingerprint density at radius 3 is 2.00 bits per heavy atom. The Morgan fingerprint density at radius 2 is 1.50 bits per heavy atom. The largest absolute Gasteiger partial charge is 0.345 e. The number of carbonyl (C=O) groups excluding carboxylic acids is 1. The fourth-order valence-electron chi connectivity index (χ4n) is 2.06. The van der Waals surface area contributed by atoms with Crippen LogP contribution in [-0.4, -0.2) is 11.9 Å². The van der Waals surface area contributed by atoms with Gasteiger partial charge >= 0.3 is 0 Å². The van der Waals surface area contributed by atoms with Gasteiger partial charge in [-0.15, -0.1) is 0 Å². The molecule has 2 aliphatic heterocycles. The summed E-state index contributed by atoms with van der Waals surface area (Å²) in [4.78, 5) is 11.5. The molecule has 14 heavy (non-hydrogen) atoms. The molecule has 2 heterocycles. The number of carbonyl (C=O) groups is 1. The molecule has 0 spiro atoms. The lowest BCUT2D eigenvalue weighted by molar-refractivity contribution is -0.121. The maximum atomic E-state index is 11.5. The van der Waals surface area contributed by atoms with E-state index in [1.807, 2.05) is 0 Å². The summed E-state index contributed by atoms with van der Waals surface area (Å²) in [5.41, 5.74) is 3.59. The minimum Gasteiger partial charge on any atom is -0.345 e. The first-order valence-corrected chi connectivity index (χ1v) is 4.57. The zero-order valence-electron chi connectivity index (χ0n) is 8.10. The first-order valence-electron chi connectivity index (χ1n) is 4.57. The van der Waals surface area contributed by atoms with E-state index in [1.165, 1.54) is 0 Å². The van der Waals surface area contributed by atoms with Gasteiger partial charge in [-0.3, -0.25) is 4.79 Å². The Bertz CT molecular complexity index is 325. The highest BCUT2D eigenvalue weighted by Gasteiger charge is 2.38. The highest BCUT2D eigenvalue weighted by atomic mass is 16.1. The summed E-state index contributed by atoms with van der Waals surface area (Å²) in [7, 11) is 0. The quantitative estimate of drug-likeness (QED) is 0.614. The standard InChI is InChI=1S/C12H13NO/c1-6-8(3)12-9(4)7(2)10(6)5-11(14)13-12/h10,12H,1-5H2,(H,13,14). The molecule has 3 rings (SSSR count). The molecule has 3 aliphatic rings. The van der Waals surface area contributed by atoms with Crippen molar-refractivity contribution < 1.29 is 4.79 Å². The summed E-state index contributed by atoms with van der Waals surface area (Å²) in [5, 5.41) is 2.87. The van der Waals surface area contributed by atoms with Gasteiger partial charge in [-0.1, -0.05) is 26.3 Å². The van der Waals surface area contributed by atoms with Gasteiger partial charge < -0.3 is 5.32 Å². The Labute approximate surface area is 83.7 Å². The van der Waals surface area contributed by atoms with Gasteiger partial charge in [-0.05, 0) is 22.3 Å². The lowest BCUT2D eigenvalue weighted by Gasteiger charge is -2.31. The fraction of sp³-hybridized carbons (Fsp3) is 0.250. The van der Waals surface area contributed by atoms with Crippen molar-refractivity contribution in [2.75, 3.05) is 0 Å². The van der Waals surface area contributed by atoms with Crippen molar-refractivity contribution >= 4 is 5.91 Å². The second-order valence-electron chi connectivity index (χ2n) is 3.86. The first kappa shape index (κ1) is 9.00. The van der Waals surface area contributed by atoms with Crippen LogP contribution in [0.5, 0.6) is 0 Å². The number of fused-ring (bicyclic) bond motifs is 4. The average Bonchev–Trinajstić information content (AvgIpc) is 2.32. The third-order valence-electron chi connectivity index (χ3n) is 3.06. The van der Waals surface area contributed by atoms with E-state index in [4.69, 9.17) is 0 Å². The zero-order chi connectivity index (χ0) is 10.5. The van der Waals surface area contributed by atoms with Crippen LogP contribution in [0, 0.1) is 5.92 Å². The summed E-state index contributed by atoms with van der Waals surface area (Å²) in [5.74, 6) is 0.0355. The molecule has 1 N–H and O–H groups in total. The molecule has 2 saturated heterocycles. The summed E-state index contributed by atoms with van der Waals surface area (Å²) in [6.07, 6.45) is 0.423. The number of rotatable bonds is 0. The molecule has 0 aromatic heterocycles. The van der Waals surface area contributed by atoms with Crippen molar-refractivity contribution in [1.82, 2.24) is 5.32 Å². The van der Waals surface area contributed by atoms with Gasteiger partial charge in [0.1, 0.15) is 0 Å². The number of amides is 1. The van der Waals surface area contributed by atoms with Crippen LogP contribution in [-0.2, 0) is 4.79 Å². The Hall–Kier alpha value is -1.57. The number of hydrogen-bond acceptors (Lipinski definition) is 1. The number of nitrogens with one attached hydrogen (secondary N) is 1. The summed E-state index contributed by atoms with van der Waals surface area (Å²) in [6, 6.07) is -0.179. The first-order chi connectivity index (χ1) is 6.52. The van der Waals surface area contributed by atoms with E-state index in [0.29, 0.717) is 6.42 Å². The van der Waals surface area contributed by atoms with Crippen LogP contribution in [0.4, 0.5) is 0 Å². The Kier molecular flexibility index (Phi) is 1.74. The minimum atomic E-state index is -0.179. The van der Waals surface area contributed by atoms with Gasteiger partial charge in [-0.2, -0.15) is 0 Å². The molecular formula is C12H13NO. The van der Waals surface area contributed by atoms with Crippen LogP contribution in [0.15, 0.2) is 48.6 Å². The van der Waals surface area contributed by atoms with Crippen LogP contribution < -0.4 is 5.32 Å². The third-order valence-corrected chi connectivity index (χ3v) is 3.06. The van der Waals surface area contributed by atoms with Crippen LogP contribution in [0.2, 0.25) is 0 Å². The van der Waals surface area contributed by atoms with E-state index in [9.17, 15) is 4.79 Å². The maximum Gasteiger partial charge on any atom is 0.221 e. The summed E-state index contributed by atoms with van der Waals surface area (Å²) in [6.45, 7) is 15.8. The molecule has 72 valence electrons. The van der Waals surface area contributed by atoms with Crippen molar-refractivity contribution in [3.05, 3.63) is 48.6 Å². The van der Waals surface area contributed by atoms with E-state index in [-0.39, 0.29) is 17.9 Å². The van der Waals surface area contributed by atoms with Crippen LogP contribution in [0.25, 0.3) is 0 Å². The van der Waals surface area contributed by atoms with Gasteiger partial charge in [0.25, 0.3) is 0 Å². The third kappa shape index (κ3) is 1.00. The average molecular weight is 187 g/mol. The fourth-order valence-corrected chi connectivity index (χ4v) is 2.06. The lowest BCUT2D eigenvalue weighted by Crippen LogP contribution is -2.35. The molecule has 1 aliphatic carbocycles. The van der Waals surface area contributed by atoms with Crippen molar-refractivity contribution in [3.63, 3.8) is 0 Å². The second kappa shape index (κ2) is 2.71. The summed E-state index contributed by atoms with van der Waals surface area (Å²) < 4.78 is 0. The molecule has 2 heteroatoms. The van der Waals surface area contributed by atoms with Crippen molar-refractivity contribution in [3.8, 4) is 0 Å². The number of hydrogen-bond donors (Lipinski definition) is 1. The smallest absolute Gasteiger partial charge is 0.221 e. The van der Waals surface area contributed by atoms with Gasteiger partial charge in [0, 0.05) is 12.3 Å². The van der Waals surface area contributed by atoms with E-state index >= 15 is 0 Å². The topological polar surface area (TPSA) is 29.1 Å². The van der Waals surface area contributed by atoms with Crippen molar-refractivity contribution in [2.45, 2.75) is 12.5 Å². The summed E-state index contributed by atoms with van der Waals surface area (Å²) >= 11 is 0. The SMILES string of the molecule is C=C1C(=C)C2NC(=O)CC1C(=C)C2=C. The van der Waals surface area contributed by atoms with E-state index < -0.39 is 0 Å². The van der Waals surface area contributed by atoms with Gasteiger partial charge in [-0.25, -0.2) is 0 Å². The molecule has 1 saturated carbocycles. The normalized spacial score (nSPS) is 31.9. The predicted octanol–water partition coefficient (Wildman–Crippen LogP) is 1.73. The van der Waals surface area contributed by atoms with Crippen LogP contribution >= 0.6 is 0 Å². The lowest BCUT2D eigenvalue weighted by atomic mass is 9.74. The van der Waals surface area contributed by atoms with Gasteiger partial charge in [0.05, 0.1) is 6.04 Å². The molecule has 0 radical (unpaired) electrons. The minimum absolute atomic E-state index is 0.00810. The molecule has 3 fully saturated rings. The molecule has 0 atom stereocenters. The molecule has 2 nitrogen and oxygen atoms in total. The zero-order valence-corrected chi connectivity index (χ0v) is 8.10. The van der Waals surface area contributed by atoms with Crippen molar-refractivity contribution in [2.24, 2.45) is 5.92 Å². The van der Waals surface area contributed by atoms with E-state index in [1.54, 1.807) is 0 Å². The van der Waals surface area contributed by atoms with E-state index in [0.717, 1.165) is 22.3 Å². The molecule has 0 aromatic carbocycles. The van der Waals surface area contributed by atoms with Crippen LogP contribution in [0.3, 0.4) is 0 Å². The van der Waals surface area contributed by atoms with Gasteiger partial charge in [0.2, 0.25) is 5.91 Å². The Balaban J connectivity index is 2.55. The molecule has 0 unspecified atom stereocenters. The highest BCUT2D eigenvalue weighted by molar-refractivity contribution is 5.82. The van der Waals surface area contributed by atoms with E-state index in [2.05, 4.69) is 31.6 Å². The highest BCUT2D eigenvalue weighted by Crippen LogP contribution is 2.42. The molecular weight excluding hydrogens is 174 g/mol. The second-order valence-corrected chi connectivity index (χ2v) is 3.86. The molecule has 2 bridgehead atoms. The molecule has 0 aromatic rings. The maximum absolute atomic E-state index is 11.5. The Morgan fingerprint density at radius 1 is 1.00 bits per heavy atom. The van der Waals surface area contributed by atoms with Gasteiger partial charge in [0.15, 0.2) is 0 Å². The predicted molar refractivity (Wildman–Crippen MR) is 56.6 cm³/mol. The van der Waals surface area contributed by atoms with Crippen LogP contribution in [0.1, 0.15) is 6.42 Å².